The second-order valence-corrected chi connectivity index (χ2v) is 6.57. The van der Waals surface area contributed by atoms with Crippen LogP contribution in [0.1, 0.15) is 11.1 Å². The van der Waals surface area contributed by atoms with Crippen molar-refractivity contribution in [2.24, 2.45) is 0 Å². The summed E-state index contributed by atoms with van der Waals surface area (Å²) in [5.74, 6) is 1.27. The van der Waals surface area contributed by atoms with Crippen LogP contribution in [0.25, 0.3) is 11.0 Å². The maximum atomic E-state index is 12.8. The largest absolute Gasteiger partial charge is 0.493 e. The lowest BCUT2D eigenvalue weighted by Gasteiger charge is -2.29. The van der Waals surface area contributed by atoms with Crippen LogP contribution in [0.3, 0.4) is 0 Å². The van der Waals surface area contributed by atoms with Gasteiger partial charge in [-0.15, -0.1) is 0 Å². The van der Waals surface area contributed by atoms with Crippen LogP contribution in [0, 0.1) is 0 Å². The number of aromatic amines is 1. The number of hydrogen-bond acceptors (Lipinski definition) is 4. The van der Waals surface area contributed by atoms with Gasteiger partial charge in [0.15, 0.2) is 11.5 Å². The van der Waals surface area contributed by atoms with E-state index in [1.54, 1.807) is 19.1 Å². The lowest BCUT2D eigenvalue weighted by molar-refractivity contribution is -0.132. The van der Waals surface area contributed by atoms with Crippen molar-refractivity contribution < 1.29 is 14.3 Å². The Kier molecular flexibility index (Phi) is 4.35. The molecule has 1 aromatic heterocycles. The SMILES string of the molecule is COc1cc2c(cc1OC)CN(C(=O)Cn1c(=O)[nH]c3ccccc31)CC2. The molecular weight excluding hydrogens is 346 g/mol. The van der Waals surface area contributed by atoms with E-state index in [1.165, 1.54) is 4.57 Å². The van der Waals surface area contributed by atoms with E-state index in [2.05, 4.69) is 4.98 Å². The third-order valence-corrected chi connectivity index (χ3v) is 5.05. The van der Waals surface area contributed by atoms with E-state index >= 15 is 0 Å². The number of carbonyl (C=O) groups excluding carboxylic acids is 1. The summed E-state index contributed by atoms with van der Waals surface area (Å²) in [7, 11) is 3.21. The van der Waals surface area contributed by atoms with Crippen LogP contribution < -0.4 is 15.2 Å². The average molecular weight is 367 g/mol. The van der Waals surface area contributed by atoms with Gasteiger partial charge in [0.1, 0.15) is 6.54 Å². The van der Waals surface area contributed by atoms with Crippen LogP contribution in [-0.2, 0) is 24.3 Å². The van der Waals surface area contributed by atoms with Gasteiger partial charge in [-0.3, -0.25) is 9.36 Å². The van der Waals surface area contributed by atoms with E-state index in [4.69, 9.17) is 9.47 Å². The molecule has 0 fully saturated rings. The number of methoxy groups -OCH3 is 2. The third-order valence-electron chi connectivity index (χ3n) is 5.05. The minimum absolute atomic E-state index is 0.0193. The van der Waals surface area contributed by atoms with Gasteiger partial charge in [-0.25, -0.2) is 4.79 Å². The standard InChI is InChI=1S/C20H21N3O4/c1-26-17-9-13-7-8-22(11-14(13)10-18(17)27-2)19(24)12-23-16-6-4-3-5-15(16)21-20(23)25/h3-6,9-10H,7-8,11-12H2,1-2H3,(H,21,25). The van der Waals surface area contributed by atoms with Gasteiger partial charge >= 0.3 is 5.69 Å². The fourth-order valence-corrected chi connectivity index (χ4v) is 3.60. The normalized spacial score (nSPS) is 13.5. The van der Waals surface area contributed by atoms with Crippen LogP contribution in [-0.4, -0.2) is 41.1 Å². The molecule has 0 unspecified atom stereocenters. The number of carbonyl (C=O) groups is 1. The minimum Gasteiger partial charge on any atom is -0.493 e. The van der Waals surface area contributed by atoms with Crippen LogP contribution >= 0.6 is 0 Å². The molecule has 7 nitrogen and oxygen atoms in total. The molecule has 27 heavy (non-hydrogen) atoms. The number of fused-ring (bicyclic) bond motifs is 2. The summed E-state index contributed by atoms with van der Waals surface area (Å²) in [6.45, 7) is 1.12. The Morgan fingerprint density at radius 3 is 2.56 bits per heavy atom. The number of H-pyrrole nitrogens is 1. The van der Waals surface area contributed by atoms with Crippen molar-refractivity contribution in [1.29, 1.82) is 0 Å². The van der Waals surface area contributed by atoms with Gasteiger partial charge in [-0.1, -0.05) is 12.1 Å². The number of imidazole rings is 1. The summed E-state index contributed by atoms with van der Waals surface area (Å²) >= 11 is 0. The summed E-state index contributed by atoms with van der Waals surface area (Å²) < 4.78 is 12.2. The van der Waals surface area contributed by atoms with Crippen molar-refractivity contribution in [3.63, 3.8) is 0 Å². The molecule has 4 rings (SSSR count). The lowest BCUT2D eigenvalue weighted by Crippen LogP contribution is -2.39. The monoisotopic (exact) mass is 367 g/mol. The van der Waals surface area contributed by atoms with E-state index in [0.29, 0.717) is 24.6 Å². The molecule has 0 aliphatic carbocycles. The highest BCUT2D eigenvalue weighted by Crippen LogP contribution is 2.33. The Balaban J connectivity index is 1.57. The Morgan fingerprint density at radius 1 is 1.11 bits per heavy atom. The number of para-hydroxylation sites is 2. The number of hydrogen-bond donors (Lipinski definition) is 1. The summed E-state index contributed by atoms with van der Waals surface area (Å²) in [4.78, 5) is 29.6. The molecular formula is C20H21N3O4. The molecule has 0 saturated heterocycles. The zero-order valence-electron chi connectivity index (χ0n) is 15.3. The minimum atomic E-state index is -0.270. The average Bonchev–Trinajstić information content (AvgIpc) is 3.01. The van der Waals surface area contributed by atoms with Gasteiger partial charge in [-0.2, -0.15) is 0 Å². The molecule has 0 atom stereocenters. The smallest absolute Gasteiger partial charge is 0.326 e. The highest BCUT2D eigenvalue weighted by Gasteiger charge is 2.23. The van der Waals surface area contributed by atoms with Crippen molar-refractivity contribution in [3.8, 4) is 11.5 Å². The maximum Gasteiger partial charge on any atom is 0.326 e. The van der Waals surface area contributed by atoms with E-state index in [0.717, 1.165) is 28.6 Å². The quantitative estimate of drug-likeness (QED) is 0.765. The molecule has 7 heteroatoms. The number of nitrogens with zero attached hydrogens (tertiary/aromatic N) is 2. The molecule has 0 spiro atoms. The summed E-state index contributed by atoms with van der Waals surface area (Å²) in [5.41, 5.74) is 3.39. The van der Waals surface area contributed by atoms with Crippen molar-refractivity contribution in [3.05, 3.63) is 58.0 Å². The second-order valence-electron chi connectivity index (χ2n) is 6.57. The van der Waals surface area contributed by atoms with E-state index in [-0.39, 0.29) is 18.1 Å². The van der Waals surface area contributed by atoms with Crippen LogP contribution in [0.2, 0.25) is 0 Å². The van der Waals surface area contributed by atoms with Crippen LogP contribution in [0.5, 0.6) is 11.5 Å². The van der Waals surface area contributed by atoms with Gasteiger partial charge < -0.3 is 19.4 Å². The number of rotatable bonds is 4. The van der Waals surface area contributed by atoms with E-state index in [1.807, 2.05) is 36.4 Å². The topological polar surface area (TPSA) is 76.6 Å². The Labute approximate surface area is 156 Å². The van der Waals surface area contributed by atoms with Gasteiger partial charge in [0.25, 0.3) is 0 Å². The molecule has 1 aliphatic rings. The third kappa shape index (κ3) is 3.05. The summed E-state index contributed by atoms with van der Waals surface area (Å²) in [6, 6.07) is 11.3. The highest BCUT2D eigenvalue weighted by atomic mass is 16.5. The van der Waals surface area contributed by atoms with Gasteiger partial charge in [0.05, 0.1) is 25.3 Å². The molecule has 2 aromatic carbocycles. The fraction of sp³-hybridized carbons (Fsp3) is 0.300. The van der Waals surface area contributed by atoms with Crippen molar-refractivity contribution in [1.82, 2.24) is 14.5 Å². The Morgan fingerprint density at radius 2 is 1.81 bits per heavy atom. The number of nitrogens with one attached hydrogen (secondary N) is 1. The van der Waals surface area contributed by atoms with E-state index < -0.39 is 0 Å². The maximum absolute atomic E-state index is 12.8. The predicted octanol–water partition coefficient (Wildman–Crippen LogP) is 1.93. The Hall–Kier alpha value is -3.22. The second kappa shape index (κ2) is 6.83. The van der Waals surface area contributed by atoms with Gasteiger partial charge in [-0.05, 0) is 41.8 Å². The van der Waals surface area contributed by atoms with Crippen molar-refractivity contribution in [2.75, 3.05) is 20.8 Å². The molecule has 0 bridgehead atoms. The lowest BCUT2D eigenvalue weighted by atomic mass is 9.98. The Bertz CT molecular complexity index is 1070. The number of aromatic nitrogens is 2. The molecule has 2 heterocycles. The molecule has 1 aliphatic heterocycles. The zero-order valence-corrected chi connectivity index (χ0v) is 15.3. The number of benzene rings is 2. The molecule has 3 aromatic rings. The van der Waals surface area contributed by atoms with Gasteiger partial charge in [0, 0.05) is 13.1 Å². The van der Waals surface area contributed by atoms with E-state index in [9.17, 15) is 9.59 Å². The van der Waals surface area contributed by atoms with Gasteiger partial charge in [0.2, 0.25) is 5.91 Å². The molecule has 1 N–H and O–H groups in total. The number of amides is 1. The first-order chi connectivity index (χ1) is 13.1. The number of ether oxygens (including phenoxy) is 2. The fourth-order valence-electron chi connectivity index (χ4n) is 3.60. The molecule has 0 saturated carbocycles. The predicted molar refractivity (Wildman–Crippen MR) is 101 cm³/mol. The molecule has 0 radical (unpaired) electrons. The summed E-state index contributed by atoms with van der Waals surface area (Å²) in [5, 5.41) is 0. The highest BCUT2D eigenvalue weighted by molar-refractivity contribution is 5.80. The summed E-state index contributed by atoms with van der Waals surface area (Å²) in [6.07, 6.45) is 0.740. The first kappa shape index (κ1) is 17.2. The zero-order chi connectivity index (χ0) is 19.0. The molecule has 1 amide bonds. The van der Waals surface area contributed by atoms with Crippen molar-refractivity contribution >= 4 is 16.9 Å². The first-order valence-corrected chi connectivity index (χ1v) is 8.80. The first-order valence-electron chi connectivity index (χ1n) is 8.80. The van der Waals surface area contributed by atoms with Crippen LogP contribution in [0.15, 0.2) is 41.2 Å². The molecule has 140 valence electrons. The van der Waals surface area contributed by atoms with Crippen molar-refractivity contribution in [2.45, 2.75) is 19.5 Å². The van der Waals surface area contributed by atoms with Crippen LogP contribution in [0.4, 0.5) is 0 Å².